The van der Waals surface area contributed by atoms with Gasteiger partial charge in [0.05, 0.1) is 12.7 Å². The number of nitrogens with zero attached hydrogens (tertiary/aromatic N) is 2. The van der Waals surface area contributed by atoms with E-state index in [2.05, 4.69) is 5.10 Å². The number of aryl methyl sites for hydroxylation is 1. The van der Waals surface area contributed by atoms with Crippen molar-refractivity contribution in [2.75, 3.05) is 12.8 Å². The van der Waals surface area contributed by atoms with E-state index in [9.17, 15) is 4.79 Å². The van der Waals surface area contributed by atoms with Crippen molar-refractivity contribution in [2.45, 2.75) is 19.9 Å². The third-order valence-electron chi connectivity index (χ3n) is 2.95. The summed E-state index contributed by atoms with van der Waals surface area (Å²) in [7, 11) is 1.61. The number of nitrogens with two attached hydrogens (primary N) is 1. The summed E-state index contributed by atoms with van der Waals surface area (Å²) in [5.41, 5.74) is 7.85. The summed E-state index contributed by atoms with van der Waals surface area (Å²) >= 11 is 0. The Kier molecular flexibility index (Phi) is 3.85. The quantitative estimate of drug-likeness (QED) is 0.837. The Morgan fingerprint density at radius 1 is 1.37 bits per heavy atom. The number of hydrogen-bond acceptors (Lipinski definition) is 4. The van der Waals surface area contributed by atoms with Crippen LogP contribution in [0.5, 0.6) is 5.75 Å². The van der Waals surface area contributed by atoms with Crippen molar-refractivity contribution in [3.8, 4) is 17.0 Å². The zero-order valence-corrected chi connectivity index (χ0v) is 11.1. The molecule has 2 N–H and O–H groups in total. The van der Waals surface area contributed by atoms with E-state index in [1.807, 2.05) is 31.2 Å². The van der Waals surface area contributed by atoms with Gasteiger partial charge in [0.1, 0.15) is 17.3 Å². The SMILES string of the molecule is CCCn1nc(-c2ccc(OC)cc2)c(C=O)c1N. The van der Waals surface area contributed by atoms with Crippen LogP contribution >= 0.6 is 0 Å². The molecular weight excluding hydrogens is 242 g/mol. The van der Waals surface area contributed by atoms with Crippen LogP contribution in [0.15, 0.2) is 24.3 Å². The summed E-state index contributed by atoms with van der Waals surface area (Å²) in [5, 5.41) is 4.42. The molecule has 0 unspecified atom stereocenters. The van der Waals surface area contributed by atoms with Gasteiger partial charge < -0.3 is 10.5 Å². The standard InChI is InChI=1S/C14H17N3O2/c1-3-8-17-14(15)12(9-18)13(16-17)10-4-6-11(19-2)7-5-10/h4-7,9H,3,8,15H2,1-2H3. The fraction of sp³-hybridized carbons (Fsp3) is 0.286. The lowest BCUT2D eigenvalue weighted by molar-refractivity contribution is 0.112. The maximum absolute atomic E-state index is 11.2. The van der Waals surface area contributed by atoms with Crippen molar-refractivity contribution in [3.63, 3.8) is 0 Å². The Morgan fingerprint density at radius 3 is 2.58 bits per heavy atom. The number of ether oxygens (including phenoxy) is 1. The maximum Gasteiger partial charge on any atom is 0.156 e. The average molecular weight is 259 g/mol. The first-order valence-corrected chi connectivity index (χ1v) is 6.17. The van der Waals surface area contributed by atoms with E-state index < -0.39 is 0 Å². The van der Waals surface area contributed by atoms with Crippen LogP contribution in [-0.2, 0) is 6.54 Å². The molecule has 1 aromatic heterocycles. The normalized spacial score (nSPS) is 10.4. The van der Waals surface area contributed by atoms with E-state index in [1.165, 1.54) is 0 Å². The highest BCUT2D eigenvalue weighted by molar-refractivity contribution is 5.91. The average Bonchev–Trinajstić information content (AvgIpc) is 2.76. The van der Waals surface area contributed by atoms with Crippen molar-refractivity contribution in [1.29, 1.82) is 0 Å². The van der Waals surface area contributed by atoms with E-state index in [4.69, 9.17) is 10.5 Å². The Labute approximate surface area is 112 Å². The second-order valence-corrected chi connectivity index (χ2v) is 4.22. The number of aromatic nitrogens is 2. The molecule has 5 nitrogen and oxygen atoms in total. The van der Waals surface area contributed by atoms with Gasteiger partial charge in [0.2, 0.25) is 0 Å². The highest BCUT2D eigenvalue weighted by Crippen LogP contribution is 2.27. The van der Waals surface area contributed by atoms with Crippen LogP contribution in [0.1, 0.15) is 23.7 Å². The lowest BCUT2D eigenvalue weighted by Gasteiger charge is -2.01. The van der Waals surface area contributed by atoms with Gasteiger partial charge in [0.25, 0.3) is 0 Å². The first-order chi connectivity index (χ1) is 9.21. The van der Waals surface area contributed by atoms with E-state index in [-0.39, 0.29) is 0 Å². The molecule has 0 radical (unpaired) electrons. The minimum atomic E-state index is 0.419. The molecule has 0 fully saturated rings. The van der Waals surface area contributed by atoms with Gasteiger partial charge in [-0.3, -0.25) is 4.79 Å². The second-order valence-electron chi connectivity index (χ2n) is 4.22. The van der Waals surface area contributed by atoms with Crippen LogP contribution in [0.3, 0.4) is 0 Å². The van der Waals surface area contributed by atoms with Gasteiger partial charge >= 0.3 is 0 Å². The number of carbonyl (C=O) groups excluding carboxylic acids is 1. The number of rotatable bonds is 5. The largest absolute Gasteiger partial charge is 0.497 e. The smallest absolute Gasteiger partial charge is 0.156 e. The molecule has 0 atom stereocenters. The molecule has 1 aromatic carbocycles. The predicted molar refractivity (Wildman–Crippen MR) is 74.3 cm³/mol. The third kappa shape index (κ3) is 2.45. The highest BCUT2D eigenvalue weighted by Gasteiger charge is 2.16. The van der Waals surface area contributed by atoms with Crippen LogP contribution in [0.25, 0.3) is 11.3 Å². The van der Waals surface area contributed by atoms with Crippen molar-refractivity contribution in [1.82, 2.24) is 9.78 Å². The van der Waals surface area contributed by atoms with Crippen LogP contribution in [-0.4, -0.2) is 23.2 Å². The molecule has 0 aliphatic carbocycles. The molecule has 2 rings (SSSR count). The summed E-state index contributed by atoms with van der Waals surface area (Å²) in [6, 6.07) is 7.39. The summed E-state index contributed by atoms with van der Waals surface area (Å²) < 4.78 is 6.78. The lowest BCUT2D eigenvalue weighted by atomic mass is 10.1. The topological polar surface area (TPSA) is 70.1 Å². The van der Waals surface area contributed by atoms with Crippen LogP contribution < -0.4 is 10.5 Å². The van der Waals surface area contributed by atoms with Gasteiger partial charge in [-0.25, -0.2) is 4.68 Å². The maximum atomic E-state index is 11.2. The van der Waals surface area contributed by atoms with E-state index >= 15 is 0 Å². The Bertz CT molecular complexity index is 573. The molecule has 0 aliphatic rings. The number of carbonyl (C=O) groups is 1. The molecule has 0 aliphatic heterocycles. The van der Waals surface area contributed by atoms with E-state index in [1.54, 1.807) is 11.8 Å². The number of nitrogen functional groups attached to an aromatic ring is 1. The predicted octanol–water partition coefficient (Wildman–Crippen LogP) is 2.36. The molecular formula is C14H17N3O2. The van der Waals surface area contributed by atoms with Crippen molar-refractivity contribution >= 4 is 12.1 Å². The summed E-state index contributed by atoms with van der Waals surface area (Å²) in [6.45, 7) is 2.73. The van der Waals surface area contributed by atoms with Crippen molar-refractivity contribution < 1.29 is 9.53 Å². The zero-order chi connectivity index (χ0) is 13.8. The van der Waals surface area contributed by atoms with Gasteiger partial charge in [0, 0.05) is 12.1 Å². The fourth-order valence-corrected chi connectivity index (χ4v) is 1.95. The van der Waals surface area contributed by atoms with Crippen molar-refractivity contribution in [3.05, 3.63) is 29.8 Å². The molecule has 5 heteroatoms. The third-order valence-corrected chi connectivity index (χ3v) is 2.95. The molecule has 19 heavy (non-hydrogen) atoms. The second kappa shape index (κ2) is 5.56. The molecule has 0 saturated heterocycles. The van der Waals surface area contributed by atoms with E-state index in [0.29, 0.717) is 23.6 Å². The number of methoxy groups -OCH3 is 1. The van der Waals surface area contributed by atoms with Gasteiger partial charge in [-0.1, -0.05) is 6.92 Å². The van der Waals surface area contributed by atoms with Crippen LogP contribution in [0.2, 0.25) is 0 Å². The Morgan fingerprint density at radius 2 is 2.05 bits per heavy atom. The van der Waals surface area contributed by atoms with Gasteiger partial charge in [-0.2, -0.15) is 5.10 Å². The Balaban J connectivity index is 2.47. The first kappa shape index (κ1) is 13.1. The Hall–Kier alpha value is -2.30. The van der Waals surface area contributed by atoms with Crippen molar-refractivity contribution in [2.24, 2.45) is 0 Å². The van der Waals surface area contributed by atoms with Crippen LogP contribution in [0, 0.1) is 0 Å². The fourth-order valence-electron chi connectivity index (χ4n) is 1.95. The molecule has 100 valence electrons. The molecule has 0 saturated carbocycles. The molecule has 1 heterocycles. The van der Waals surface area contributed by atoms with Gasteiger partial charge in [-0.05, 0) is 30.7 Å². The number of aldehydes is 1. The number of anilines is 1. The number of benzene rings is 1. The highest BCUT2D eigenvalue weighted by atomic mass is 16.5. The molecule has 2 aromatic rings. The summed E-state index contributed by atoms with van der Waals surface area (Å²) in [4.78, 5) is 11.2. The van der Waals surface area contributed by atoms with Gasteiger partial charge in [-0.15, -0.1) is 0 Å². The van der Waals surface area contributed by atoms with Crippen LogP contribution in [0.4, 0.5) is 5.82 Å². The monoisotopic (exact) mass is 259 g/mol. The van der Waals surface area contributed by atoms with Gasteiger partial charge in [0.15, 0.2) is 6.29 Å². The lowest BCUT2D eigenvalue weighted by Crippen LogP contribution is -2.04. The minimum Gasteiger partial charge on any atom is -0.497 e. The zero-order valence-electron chi connectivity index (χ0n) is 11.1. The minimum absolute atomic E-state index is 0.419. The van der Waals surface area contributed by atoms with E-state index in [0.717, 1.165) is 24.0 Å². The first-order valence-electron chi connectivity index (χ1n) is 6.17. The summed E-state index contributed by atoms with van der Waals surface area (Å²) in [6.07, 6.45) is 1.67. The number of hydrogen-bond donors (Lipinski definition) is 1. The summed E-state index contributed by atoms with van der Waals surface area (Å²) in [5.74, 6) is 1.18. The molecule has 0 bridgehead atoms. The molecule has 0 spiro atoms. The molecule has 0 amide bonds.